The lowest BCUT2D eigenvalue weighted by Gasteiger charge is -2.39. The summed E-state index contributed by atoms with van der Waals surface area (Å²) in [5.74, 6) is -2.12. The molecule has 4 aliphatic heterocycles. The molecule has 5 amide bonds. The Morgan fingerprint density at radius 3 is 2.13 bits per heavy atom. The van der Waals surface area contributed by atoms with Gasteiger partial charge in [-0.3, -0.25) is 39.1 Å². The number of benzene rings is 3. The third-order valence-electron chi connectivity index (χ3n) is 13.1. The fraction of sp³-hybridized carbons (Fsp3) is 0.531. The lowest BCUT2D eigenvalue weighted by molar-refractivity contribution is -0.138. The van der Waals surface area contributed by atoms with E-state index in [0.29, 0.717) is 57.9 Å². The number of carbonyl (C=O) groups is 5. The van der Waals surface area contributed by atoms with Gasteiger partial charge in [-0.25, -0.2) is 0 Å². The van der Waals surface area contributed by atoms with Crippen LogP contribution in [0.5, 0.6) is 5.75 Å². The van der Waals surface area contributed by atoms with Crippen LogP contribution >= 0.6 is 0 Å². The summed E-state index contributed by atoms with van der Waals surface area (Å²) >= 11 is 0. The average molecular weight is 949 g/mol. The first-order valence-corrected chi connectivity index (χ1v) is 23.6. The molecule has 3 N–H and O–H groups in total. The molecule has 0 bridgehead atoms. The summed E-state index contributed by atoms with van der Waals surface area (Å²) in [6.07, 6.45) is 2.15. The van der Waals surface area contributed by atoms with Crippen molar-refractivity contribution in [3.63, 3.8) is 0 Å². The molecule has 0 radical (unpaired) electrons. The van der Waals surface area contributed by atoms with E-state index in [-0.39, 0.29) is 48.8 Å². The molecule has 3 aromatic carbocycles. The normalized spacial score (nSPS) is 21.9. The van der Waals surface area contributed by atoms with Crippen LogP contribution in [0, 0.1) is 5.92 Å². The van der Waals surface area contributed by atoms with Gasteiger partial charge >= 0.3 is 6.18 Å². The zero-order valence-corrected chi connectivity index (χ0v) is 38.0. The van der Waals surface area contributed by atoms with Gasteiger partial charge in [-0.05, 0) is 118 Å². The van der Waals surface area contributed by atoms with Gasteiger partial charge in [0, 0.05) is 31.2 Å². The highest BCUT2D eigenvalue weighted by Gasteiger charge is 2.45. The van der Waals surface area contributed by atoms with E-state index in [4.69, 9.17) is 23.7 Å². The predicted molar refractivity (Wildman–Crippen MR) is 242 cm³/mol. The monoisotopic (exact) mass is 948 g/mol. The summed E-state index contributed by atoms with van der Waals surface area (Å²) < 4.78 is 69.0. The average Bonchev–Trinajstić information content (AvgIpc) is 3.80. The lowest BCUT2D eigenvalue weighted by Crippen LogP contribution is -2.54. The number of alkyl halides is 3. The van der Waals surface area contributed by atoms with E-state index in [2.05, 4.69) is 43.9 Å². The SMILES string of the molecule is O=C1CCC(N2C(=O)c3ccc(OCCOCCOCCOCCOC[C@H]4CC[C@@H](N5c6ccc(CN7CCCCC7)cc6NC5NC(=O)c5cccc(C(F)(F)F)c5)CC4)cc3C2=O)C(=O)N1. The van der Waals surface area contributed by atoms with Gasteiger partial charge in [0.1, 0.15) is 18.4 Å². The molecule has 16 nitrogen and oxygen atoms in total. The maximum Gasteiger partial charge on any atom is 0.416 e. The molecule has 68 heavy (non-hydrogen) atoms. The number of imide groups is 2. The van der Waals surface area contributed by atoms with Gasteiger partial charge in [0.05, 0.1) is 74.3 Å². The quantitative estimate of drug-likeness (QED) is 0.0872. The van der Waals surface area contributed by atoms with Crippen molar-refractivity contribution < 1.29 is 60.8 Å². The maximum absolute atomic E-state index is 13.5. The van der Waals surface area contributed by atoms with Crippen molar-refractivity contribution in [2.75, 3.05) is 82.8 Å². The van der Waals surface area contributed by atoms with E-state index in [1.54, 1.807) is 6.07 Å². The summed E-state index contributed by atoms with van der Waals surface area (Å²) in [6.45, 7) is 6.38. The van der Waals surface area contributed by atoms with Gasteiger partial charge in [0.25, 0.3) is 17.7 Å². The topological polar surface area (TPSA) is 177 Å². The molecule has 2 saturated heterocycles. The Bertz CT molecular complexity index is 2280. The van der Waals surface area contributed by atoms with Crippen LogP contribution in [-0.2, 0) is 41.3 Å². The minimum atomic E-state index is -4.56. The van der Waals surface area contributed by atoms with Gasteiger partial charge in [-0.2, -0.15) is 13.2 Å². The highest BCUT2D eigenvalue weighted by molar-refractivity contribution is 6.23. The van der Waals surface area contributed by atoms with Crippen LogP contribution in [0.1, 0.15) is 100.0 Å². The maximum atomic E-state index is 13.5. The van der Waals surface area contributed by atoms with Crippen molar-refractivity contribution in [3.05, 3.63) is 88.5 Å². The number of nitrogens with zero attached hydrogens (tertiary/aromatic N) is 3. The molecule has 2 unspecified atom stereocenters. The Kier molecular flexibility index (Phi) is 16.3. The number of piperidine rings is 2. The van der Waals surface area contributed by atoms with Crippen molar-refractivity contribution in [1.82, 2.24) is 20.4 Å². The van der Waals surface area contributed by atoms with Gasteiger partial charge < -0.3 is 39.2 Å². The zero-order chi connectivity index (χ0) is 47.6. The second kappa shape index (κ2) is 22.7. The fourth-order valence-electron chi connectivity index (χ4n) is 9.57. The summed E-state index contributed by atoms with van der Waals surface area (Å²) in [7, 11) is 0. The van der Waals surface area contributed by atoms with E-state index in [9.17, 15) is 37.1 Å². The number of hydrogen-bond donors (Lipinski definition) is 3. The van der Waals surface area contributed by atoms with Crippen molar-refractivity contribution in [2.24, 2.45) is 5.92 Å². The summed E-state index contributed by atoms with van der Waals surface area (Å²) in [5.41, 5.74) is 2.45. The first-order chi connectivity index (χ1) is 32.9. The second-order valence-electron chi connectivity index (χ2n) is 17.8. The van der Waals surface area contributed by atoms with E-state index in [0.717, 1.165) is 73.7 Å². The molecular formula is C49H59F3N6O10. The number of likely N-dealkylation sites (tertiary alicyclic amines) is 1. The molecule has 3 fully saturated rings. The molecule has 19 heteroatoms. The Morgan fingerprint density at radius 2 is 1.43 bits per heavy atom. The van der Waals surface area contributed by atoms with Crippen LogP contribution < -0.4 is 25.6 Å². The molecular weight excluding hydrogens is 890 g/mol. The van der Waals surface area contributed by atoms with Crippen LogP contribution in [0.3, 0.4) is 0 Å². The predicted octanol–water partition coefficient (Wildman–Crippen LogP) is 5.74. The van der Waals surface area contributed by atoms with Gasteiger partial charge in [0.2, 0.25) is 11.8 Å². The molecule has 8 rings (SSSR count). The van der Waals surface area contributed by atoms with Crippen molar-refractivity contribution in [1.29, 1.82) is 0 Å². The lowest BCUT2D eigenvalue weighted by atomic mass is 9.85. The largest absolute Gasteiger partial charge is 0.491 e. The van der Waals surface area contributed by atoms with E-state index >= 15 is 0 Å². The van der Waals surface area contributed by atoms with Crippen LogP contribution in [0.25, 0.3) is 0 Å². The molecule has 1 aliphatic carbocycles. The summed E-state index contributed by atoms with van der Waals surface area (Å²) in [4.78, 5) is 68.7. The molecule has 4 heterocycles. The minimum absolute atomic E-state index is 0.0470. The third kappa shape index (κ3) is 12.2. The van der Waals surface area contributed by atoms with Crippen molar-refractivity contribution in [2.45, 2.75) is 88.9 Å². The first-order valence-electron chi connectivity index (χ1n) is 23.6. The van der Waals surface area contributed by atoms with E-state index < -0.39 is 53.6 Å². The first kappa shape index (κ1) is 48.8. The number of halogens is 3. The number of fused-ring (bicyclic) bond motifs is 2. The number of rotatable bonds is 21. The molecule has 0 aromatic heterocycles. The number of ether oxygens (including phenoxy) is 5. The smallest absolute Gasteiger partial charge is 0.416 e. The Labute approximate surface area is 393 Å². The van der Waals surface area contributed by atoms with Crippen LogP contribution in [0.15, 0.2) is 60.7 Å². The highest BCUT2D eigenvalue weighted by atomic mass is 19.4. The van der Waals surface area contributed by atoms with Crippen LogP contribution in [-0.4, -0.2) is 130 Å². The standard InChI is InChI=1S/C49H59F3N6O10/c50-49(51,52)35-6-4-5-34(28-35)44(60)55-48-53-40-27-33(30-56-17-2-1-3-18-56)9-14-41(40)57(48)36-10-7-32(8-11-36)31-67-24-23-65-20-19-64-21-22-66-25-26-68-37-12-13-38-39(29-37)47(63)58(46(38)62)42-15-16-43(59)54-45(42)61/h4-6,9,12-14,27-29,32,36,42,48,53H,1-3,7-8,10-11,15-26,30-31H2,(H,55,60)(H,54,59,61)/t32-,36+,42?,48?. The molecule has 5 aliphatic rings. The summed E-state index contributed by atoms with van der Waals surface area (Å²) in [6, 6.07) is 14.5. The number of nitrogens with one attached hydrogen (secondary N) is 3. The number of hydrogen-bond acceptors (Lipinski definition) is 13. The van der Waals surface area contributed by atoms with Crippen LogP contribution in [0.2, 0.25) is 0 Å². The van der Waals surface area contributed by atoms with Gasteiger partial charge in [-0.1, -0.05) is 18.6 Å². The number of amides is 5. The van der Waals surface area contributed by atoms with Crippen LogP contribution in [0.4, 0.5) is 24.5 Å². The van der Waals surface area contributed by atoms with Crippen molar-refractivity contribution >= 4 is 40.9 Å². The highest BCUT2D eigenvalue weighted by Crippen LogP contribution is 2.41. The molecule has 1 saturated carbocycles. The zero-order valence-electron chi connectivity index (χ0n) is 38.0. The minimum Gasteiger partial charge on any atom is -0.491 e. The van der Waals surface area contributed by atoms with Gasteiger partial charge in [-0.15, -0.1) is 0 Å². The molecule has 2 atom stereocenters. The van der Waals surface area contributed by atoms with Crippen molar-refractivity contribution in [3.8, 4) is 5.75 Å². The molecule has 0 spiro atoms. The number of anilines is 2. The third-order valence-corrected chi connectivity index (χ3v) is 13.1. The van der Waals surface area contributed by atoms with Gasteiger partial charge in [0.15, 0.2) is 6.29 Å². The fourth-order valence-corrected chi connectivity index (χ4v) is 9.57. The Morgan fingerprint density at radius 1 is 0.735 bits per heavy atom. The van der Waals surface area contributed by atoms with E-state index in [1.807, 2.05) is 0 Å². The van der Waals surface area contributed by atoms with E-state index in [1.165, 1.54) is 49.1 Å². The number of carbonyl (C=O) groups excluding carboxylic acids is 5. The Balaban J connectivity index is 0.694. The summed E-state index contributed by atoms with van der Waals surface area (Å²) in [5, 5.41) is 8.66. The molecule has 366 valence electrons. The molecule has 3 aromatic rings. The Hall–Kier alpha value is -5.60. The second-order valence-corrected chi connectivity index (χ2v) is 17.8.